The number of carbonyl (C=O) groups excluding carboxylic acids is 1. The highest BCUT2D eigenvalue weighted by Crippen LogP contribution is 2.29. The van der Waals surface area contributed by atoms with Gasteiger partial charge in [0, 0.05) is 18.0 Å². The highest BCUT2D eigenvalue weighted by molar-refractivity contribution is 6.42. The molecule has 2 aromatic rings. The second-order valence-electron chi connectivity index (χ2n) is 3.07. The Morgan fingerprint density at radius 2 is 1.86 bits per heavy atom. The summed E-state index contributed by atoms with van der Waals surface area (Å²) in [5.74, 6) is 0. The van der Waals surface area contributed by atoms with Gasteiger partial charge < -0.3 is 4.57 Å². The Morgan fingerprint density at radius 1 is 1.21 bits per heavy atom. The van der Waals surface area contributed by atoms with E-state index in [0.29, 0.717) is 15.7 Å². The van der Waals surface area contributed by atoms with Gasteiger partial charge in [-0.15, -0.1) is 0 Å². The van der Waals surface area contributed by atoms with Crippen molar-refractivity contribution in [2.24, 2.45) is 7.05 Å². The first-order chi connectivity index (χ1) is 6.63. The summed E-state index contributed by atoms with van der Waals surface area (Å²) in [5.41, 5.74) is 1.51. The molecular formula is C10H7Cl2NO. The van der Waals surface area contributed by atoms with Crippen molar-refractivity contribution in [1.29, 1.82) is 0 Å². The van der Waals surface area contributed by atoms with Crippen LogP contribution in [0.4, 0.5) is 0 Å². The van der Waals surface area contributed by atoms with Gasteiger partial charge in [-0.05, 0) is 18.2 Å². The van der Waals surface area contributed by atoms with Crippen molar-refractivity contribution in [2.75, 3.05) is 0 Å². The number of aryl methyl sites for hydroxylation is 1. The van der Waals surface area contributed by atoms with Crippen LogP contribution >= 0.6 is 23.2 Å². The first-order valence-corrected chi connectivity index (χ1v) is 4.78. The predicted molar refractivity (Wildman–Crippen MR) is 58.3 cm³/mol. The lowest BCUT2D eigenvalue weighted by molar-refractivity contribution is 0.111. The molecule has 0 fully saturated rings. The van der Waals surface area contributed by atoms with Gasteiger partial charge in [-0.1, -0.05) is 23.2 Å². The minimum atomic E-state index is 0.498. The fourth-order valence-corrected chi connectivity index (χ4v) is 1.80. The maximum absolute atomic E-state index is 10.7. The third kappa shape index (κ3) is 1.31. The van der Waals surface area contributed by atoms with Crippen molar-refractivity contribution < 1.29 is 4.79 Å². The average Bonchev–Trinajstić information content (AvgIpc) is 2.45. The van der Waals surface area contributed by atoms with Crippen molar-refractivity contribution in [2.45, 2.75) is 0 Å². The van der Waals surface area contributed by atoms with Crippen molar-refractivity contribution in [3.05, 3.63) is 33.9 Å². The molecule has 0 saturated carbocycles. The molecular weight excluding hydrogens is 221 g/mol. The molecule has 0 aliphatic carbocycles. The van der Waals surface area contributed by atoms with E-state index in [4.69, 9.17) is 23.2 Å². The highest BCUT2D eigenvalue weighted by Gasteiger charge is 2.07. The molecule has 0 unspecified atom stereocenters. The molecule has 2 nitrogen and oxygen atoms in total. The smallest absolute Gasteiger partial charge is 0.166 e. The molecule has 72 valence electrons. The molecule has 0 N–H and O–H groups in total. The topological polar surface area (TPSA) is 22.0 Å². The zero-order valence-electron chi connectivity index (χ0n) is 7.42. The van der Waals surface area contributed by atoms with Crippen molar-refractivity contribution in [3.8, 4) is 0 Å². The highest BCUT2D eigenvalue weighted by atomic mass is 35.5. The second-order valence-corrected chi connectivity index (χ2v) is 3.89. The molecule has 1 heterocycles. The third-order valence-corrected chi connectivity index (χ3v) is 2.96. The molecule has 0 spiro atoms. The van der Waals surface area contributed by atoms with E-state index in [-0.39, 0.29) is 0 Å². The molecule has 0 radical (unpaired) electrons. The Balaban J connectivity index is 2.86. The molecule has 1 aromatic heterocycles. The summed E-state index contributed by atoms with van der Waals surface area (Å²) >= 11 is 11.7. The van der Waals surface area contributed by atoms with Crippen LogP contribution in [0.3, 0.4) is 0 Å². The zero-order chi connectivity index (χ0) is 10.3. The van der Waals surface area contributed by atoms with Crippen LogP contribution in [-0.2, 0) is 7.05 Å². The molecule has 2 rings (SSSR count). The van der Waals surface area contributed by atoms with Crippen LogP contribution in [0.1, 0.15) is 10.5 Å². The number of benzene rings is 1. The van der Waals surface area contributed by atoms with E-state index in [9.17, 15) is 4.79 Å². The Morgan fingerprint density at radius 3 is 2.50 bits per heavy atom. The van der Waals surface area contributed by atoms with Gasteiger partial charge in [0.05, 0.1) is 15.7 Å². The molecule has 4 heteroatoms. The number of hydrogen-bond acceptors (Lipinski definition) is 1. The number of aromatic nitrogens is 1. The van der Waals surface area contributed by atoms with Crippen LogP contribution in [0, 0.1) is 0 Å². The van der Waals surface area contributed by atoms with Gasteiger partial charge in [-0.2, -0.15) is 0 Å². The van der Waals surface area contributed by atoms with Gasteiger partial charge in [0.15, 0.2) is 6.29 Å². The summed E-state index contributed by atoms with van der Waals surface area (Å²) in [4.78, 5) is 10.7. The van der Waals surface area contributed by atoms with Gasteiger partial charge in [-0.25, -0.2) is 0 Å². The van der Waals surface area contributed by atoms with Crippen molar-refractivity contribution in [3.63, 3.8) is 0 Å². The van der Waals surface area contributed by atoms with E-state index < -0.39 is 0 Å². The van der Waals surface area contributed by atoms with E-state index in [2.05, 4.69) is 0 Å². The first kappa shape index (κ1) is 9.56. The fraction of sp³-hybridized carbons (Fsp3) is 0.100. The molecule has 0 aliphatic heterocycles. The molecule has 0 amide bonds. The van der Waals surface area contributed by atoms with Gasteiger partial charge in [-0.3, -0.25) is 4.79 Å². The van der Waals surface area contributed by atoms with E-state index in [0.717, 1.165) is 17.2 Å². The van der Waals surface area contributed by atoms with Gasteiger partial charge in [0.25, 0.3) is 0 Å². The van der Waals surface area contributed by atoms with Crippen LogP contribution in [0.15, 0.2) is 18.2 Å². The number of carbonyl (C=O) groups is 1. The Kier molecular flexibility index (Phi) is 2.25. The van der Waals surface area contributed by atoms with Crippen LogP contribution in [0.5, 0.6) is 0 Å². The number of rotatable bonds is 1. The van der Waals surface area contributed by atoms with E-state index in [1.165, 1.54) is 0 Å². The number of halogens is 2. The Bertz CT molecular complexity index is 516. The number of aldehydes is 1. The molecule has 0 atom stereocenters. The van der Waals surface area contributed by atoms with Gasteiger partial charge >= 0.3 is 0 Å². The van der Waals surface area contributed by atoms with Crippen LogP contribution in [-0.4, -0.2) is 10.9 Å². The lowest BCUT2D eigenvalue weighted by Crippen LogP contribution is -1.92. The lowest BCUT2D eigenvalue weighted by atomic mass is 10.2. The minimum Gasteiger partial charge on any atom is -0.341 e. The SMILES string of the molecule is Cn1c(C=O)cc2cc(Cl)c(Cl)cc21. The molecule has 0 bridgehead atoms. The van der Waals surface area contributed by atoms with E-state index in [1.807, 2.05) is 7.05 Å². The Hall–Kier alpha value is -0.990. The summed E-state index contributed by atoms with van der Waals surface area (Å²) in [7, 11) is 1.82. The molecule has 0 aliphatic rings. The summed E-state index contributed by atoms with van der Waals surface area (Å²) < 4.78 is 1.78. The van der Waals surface area contributed by atoms with Crippen LogP contribution < -0.4 is 0 Å². The molecule has 1 aromatic carbocycles. The van der Waals surface area contributed by atoms with Gasteiger partial charge in [0.2, 0.25) is 0 Å². The maximum atomic E-state index is 10.7. The van der Waals surface area contributed by atoms with Gasteiger partial charge in [0.1, 0.15) is 0 Å². The summed E-state index contributed by atoms with van der Waals surface area (Å²) in [5, 5.41) is 1.92. The molecule has 14 heavy (non-hydrogen) atoms. The fourth-order valence-electron chi connectivity index (χ4n) is 1.47. The maximum Gasteiger partial charge on any atom is 0.166 e. The lowest BCUT2D eigenvalue weighted by Gasteiger charge is -1.99. The zero-order valence-corrected chi connectivity index (χ0v) is 8.93. The van der Waals surface area contributed by atoms with Crippen molar-refractivity contribution in [1.82, 2.24) is 4.57 Å². The largest absolute Gasteiger partial charge is 0.341 e. The average molecular weight is 228 g/mol. The normalized spacial score (nSPS) is 10.8. The number of nitrogens with zero attached hydrogens (tertiary/aromatic N) is 1. The summed E-state index contributed by atoms with van der Waals surface area (Å²) in [6.07, 6.45) is 0.807. The number of fused-ring (bicyclic) bond motifs is 1. The standard InChI is InChI=1S/C10H7Cl2NO/c1-13-7(5-14)2-6-3-8(11)9(12)4-10(6)13/h2-5H,1H3. The first-order valence-electron chi connectivity index (χ1n) is 4.03. The van der Waals surface area contributed by atoms with Crippen LogP contribution in [0.25, 0.3) is 10.9 Å². The number of hydrogen-bond donors (Lipinski definition) is 0. The van der Waals surface area contributed by atoms with E-state index in [1.54, 1.807) is 22.8 Å². The monoisotopic (exact) mass is 227 g/mol. The Labute approximate surface area is 91.0 Å². The quantitative estimate of drug-likeness (QED) is 0.686. The summed E-state index contributed by atoms with van der Waals surface area (Å²) in [6.45, 7) is 0. The third-order valence-electron chi connectivity index (χ3n) is 2.24. The van der Waals surface area contributed by atoms with Crippen LogP contribution in [0.2, 0.25) is 10.0 Å². The van der Waals surface area contributed by atoms with Crippen molar-refractivity contribution >= 4 is 40.4 Å². The molecule has 0 saturated heterocycles. The van der Waals surface area contributed by atoms with E-state index >= 15 is 0 Å². The summed E-state index contributed by atoms with van der Waals surface area (Å²) in [6, 6.07) is 5.29. The second kappa shape index (κ2) is 3.30. The minimum absolute atomic E-state index is 0.498. The predicted octanol–water partition coefficient (Wildman–Crippen LogP) is 3.30.